The molecule has 0 saturated heterocycles. The van der Waals surface area contributed by atoms with Crippen molar-refractivity contribution in [1.82, 2.24) is 4.31 Å². The van der Waals surface area contributed by atoms with Gasteiger partial charge in [-0.05, 0) is 32.0 Å². The van der Waals surface area contributed by atoms with Crippen molar-refractivity contribution >= 4 is 21.4 Å². The van der Waals surface area contributed by atoms with E-state index in [-0.39, 0.29) is 10.9 Å². The van der Waals surface area contributed by atoms with Gasteiger partial charge in [-0.2, -0.15) is 0 Å². The first-order valence-corrected chi connectivity index (χ1v) is 7.89. The van der Waals surface area contributed by atoms with Gasteiger partial charge in [0.05, 0.1) is 22.9 Å². The van der Waals surface area contributed by atoms with E-state index in [9.17, 15) is 8.42 Å². The van der Waals surface area contributed by atoms with Gasteiger partial charge in [-0.1, -0.05) is 0 Å². The first-order chi connectivity index (χ1) is 9.28. The topological polar surface area (TPSA) is 84.7 Å². The Hall–Kier alpha value is -1.31. The van der Waals surface area contributed by atoms with Gasteiger partial charge in [0.15, 0.2) is 0 Å². The molecule has 0 saturated carbocycles. The molecule has 0 bridgehead atoms. The van der Waals surface area contributed by atoms with E-state index in [1.807, 2.05) is 13.8 Å². The minimum Gasteiger partial charge on any atom is -0.397 e. The van der Waals surface area contributed by atoms with E-state index in [0.29, 0.717) is 24.6 Å². The molecule has 0 fully saturated rings. The Morgan fingerprint density at radius 1 is 1.40 bits per heavy atom. The van der Waals surface area contributed by atoms with Crippen LogP contribution in [-0.4, -0.2) is 46.1 Å². The molecule has 114 valence electrons. The number of nitrogens with one attached hydrogen (secondary N) is 1. The second kappa shape index (κ2) is 6.92. The maximum Gasteiger partial charge on any atom is 0.242 e. The van der Waals surface area contributed by atoms with Gasteiger partial charge in [-0.25, -0.2) is 12.7 Å². The van der Waals surface area contributed by atoms with Crippen molar-refractivity contribution in [3.05, 3.63) is 18.2 Å². The molecule has 3 N–H and O–H groups in total. The van der Waals surface area contributed by atoms with Gasteiger partial charge in [0, 0.05) is 26.7 Å². The first kappa shape index (κ1) is 16.7. The Labute approximate surface area is 121 Å². The van der Waals surface area contributed by atoms with Crippen LogP contribution < -0.4 is 11.1 Å². The largest absolute Gasteiger partial charge is 0.397 e. The molecular weight excluding hydrogens is 278 g/mol. The number of hydrogen-bond donors (Lipinski definition) is 2. The third-order valence-corrected chi connectivity index (χ3v) is 4.59. The van der Waals surface area contributed by atoms with Crippen molar-refractivity contribution in [2.75, 3.05) is 38.4 Å². The fourth-order valence-corrected chi connectivity index (χ4v) is 2.58. The van der Waals surface area contributed by atoms with E-state index in [1.165, 1.54) is 20.2 Å². The number of ether oxygens (including phenoxy) is 1. The Morgan fingerprint density at radius 3 is 2.55 bits per heavy atom. The molecular formula is C13H23N3O3S. The maximum atomic E-state index is 12.0. The molecule has 0 spiro atoms. The highest BCUT2D eigenvalue weighted by Crippen LogP contribution is 2.24. The standard InChI is InChI=1S/C13H23N3O3S/c1-5-19-9-10(2)15-13-7-6-11(8-12(13)14)20(17,18)16(3)4/h6-8,10,15H,5,9,14H2,1-4H3. The van der Waals surface area contributed by atoms with E-state index < -0.39 is 10.0 Å². The predicted molar refractivity (Wildman–Crippen MR) is 81.3 cm³/mol. The summed E-state index contributed by atoms with van der Waals surface area (Å²) < 4.78 is 30.4. The average molecular weight is 301 g/mol. The Kier molecular flexibility index (Phi) is 5.79. The maximum absolute atomic E-state index is 12.0. The first-order valence-electron chi connectivity index (χ1n) is 6.45. The molecule has 1 rings (SSSR count). The van der Waals surface area contributed by atoms with Crippen LogP contribution >= 0.6 is 0 Å². The molecule has 0 heterocycles. The van der Waals surface area contributed by atoms with E-state index >= 15 is 0 Å². The molecule has 0 radical (unpaired) electrons. The van der Waals surface area contributed by atoms with Gasteiger partial charge in [-0.3, -0.25) is 0 Å². The fraction of sp³-hybridized carbons (Fsp3) is 0.538. The van der Waals surface area contributed by atoms with Gasteiger partial charge in [0.2, 0.25) is 10.0 Å². The average Bonchev–Trinajstić information content (AvgIpc) is 2.38. The van der Waals surface area contributed by atoms with E-state index in [2.05, 4.69) is 5.32 Å². The summed E-state index contributed by atoms with van der Waals surface area (Å²) in [6.45, 7) is 5.12. The molecule has 1 aromatic carbocycles. The molecule has 7 heteroatoms. The van der Waals surface area contributed by atoms with Crippen molar-refractivity contribution < 1.29 is 13.2 Å². The van der Waals surface area contributed by atoms with Crippen LogP contribution in [-0.2, 0) is 14.8 Å². The number of nitrogen functional groups attached to an aromatic ring is 1. The fourth-order valence-electron chi connectivity index (χ4n) is 1.65. The summed E-state index contributed by atoms with van der Waals surface area (Å²) in [6, 6.07) is 4.77. The number of nitrogens with zero attached hydrogens (tertiary/aromatic N) is 1. The molecule has 1 aromatic rings. The second-order valence-corrected chi connectivity index (χ2v) is 6.89. The van der Waals surface area contributed by atoms with Crippen LogP contribution in [0.25, 0.3) is 0 Å². The van der Waals surface area contributed by atoms with Crippen LogP contribution in [0.1, 0.15) is 13.8 Å². The summed E-state index contributed by atoms with van der Waals surface area (Å²) in [5.41, 5.74) is 7.01. The van der Waals surface area contributed by atoms with Gasteiger partial charge in [0.1, 0.15) is 0 Å². The smallest absolute Gasteiger partial charge is 0.242 e. The molecule has 0 amide bonds. The van der Waals surface area contributed by atoms with Crippen LogP contribution in [0.2, 0.25) is 0 Å². The van der Waals surface area contributed by atoms with Crippen LogP contribution in [0.15, 0.2) is 23.1 Å². The molecule has 0 aliphatic carbocycles. The van der Waals surface area contributed by atoms with E-state index in [1.54, 1.807) is 12.1 Å². The molecule has 0 aliphatic heterocycles. The highest BCUT2D eigenvalue weighted by Gasteiger charge is 2.18. The number of hydrogen-bond acceptors (Lipinski definition) is 5. The highest BCUT2D eigenvalue weighted by molar-refractivity contribution is 7.89. The lowest BCUT2D eigenvalue weighted by Crippen LogP contribution is -2.24. The van der Waals surface area contributed by atoms with Crippen molar-refractivity contribution in [2.45, 2.75) is 24.8 Å². The lowest BCUT2D eigenvalue weighted by Gasteiger charge is -2.18. The molecule has 6 nitrogen and oxygen atoms in total. The lowest BCUT2D eigenvalue weighted by molar-refractivity contribution is 0.141. The Bertz CT molecular complexity index is 544. The van der Waals surface area contributed by atoms with E-state index in [0.717, 1.165) is 4.31 Å². The number of benzene rings is 1. The SMILES string of the molecule is CCOCC(C)Nc1ccc(S(=O)(=O)N(C)C)cc1N. The summed E-state index contributed by atoms with van der Waals surface area (Å²) in [4.78, 5) is 0.183. The van der Waals surface area contributed by atoms with Crippen LogP contribution in [0, 0.1) is 0 Å². The van der Waals surface area contributed by atoms with Gasteiger partial charge < -0.3 is 15.8 Å². The zero-order chi connectivity index (χ0) is 15.3. The van der Waals surface area contributed by atoms with Gasteiger partial charge in [0.25, 0.3) is 0 Å². The van der Waals surface area contributed by atoms with Crippen molar-refractivity contribution in [1.29, 1.82) is 0 Å². The normalized spacial score (nSPS) is 13.4. The van der Waals surface area contributed by atoms with Crippen molar-refractivity contribution in [3.8, 4) is 0 Å². The number of nitrogens with two attached hydrogens (primary N) is 1. The summed E-state index contributed by atoms with van der Waals surface area (Å²) >= 11 is 0. The predicted octanol–water partition coefficient (Wildman–Crippen LogP) is 1.36. The minimum atomic E-state index is -3.46. The van der Waals surface area contributed by atoms with Crippen molar-refractivity contribution in [2.24, 2.45) is 0 Å². The molecule has 20 heavy (non-hydrogen) atoms. The zero-order valence-electron chi connectivity index (χ0n) is 12.4. The number of rotatable bonds is 7. The van der Waals surface area contributed by atoms with Crippen LogP contribution in [0.4, 0.5) is 11.4 Å². The van der Waals surface area contributed by atoms with Crippen molar-refractivity contribution in [3.63, 3.8) is 0 Å². The van der Waals surface area contributed by atoms with E-state index in [4.69, 9.17) is 10.5 Å². The summed E-state index contributed by atoms with van der Waals surface area (Å²) in [5.74, 6) is 0. The van der Waals surface area contributed by atoms with Crippen LogP contribution in [0.5, 0.6) is 0 Å². The number of anilines is 2. The number of sulfonamides is 1. The van der Waals surface area contributed by atoms with Crippen LogP contribution in [0.3, 0.4) is 0 Å². The quantitative estimate of drug-likeness (QED) is 0.743. The highest BCUT2D eigenvalue weighted by atomic mass is 32.2. The second-order valence-electron chi connectivity index (χ2n) is 4.74. The zero-order valence-corrected chi connectivity index (χ0v) is 13.2. The Morgan fingerprint density at radius 2 is 2.05 bits per heavy atom. The summed E-state index contributed by atoms with van der Waals surface area (Å²) in [7, 11) is -0.482. The molecule has 0 aromatic heterocycles. The third-order valence-electron chi connectivity index (χ3n) is 2.78. The Balaban J connectivity index is 2.89. The summed E-state index contributed by atoms with van der Waals surface area (Å²) in [6.07, 6.45) is 0. The third kappa shape index (κ3) is 4.09. The minimum absolute atomic E-state index is 0.0913. The molecule has 1 unspecified atom stereocenters. The monoisotopic (exact) mass is 301 g/mol. The van der Waals surface area contributed by atoms with Gasteiger partial charge in [-0.15, -0.1) is 0 Å². The molecule has 1 atom stereocenters. The van der Waals surface area contributed by atoms with Gasteiger partial charge >= 0.3 is 0 Å². The molecule has 0 aliphatic rings. The lowest BCUT2D eigenvalue weighted by atomic mass is 10.2. The summed E-state index contributed by atoms with van der Waals surface area (Å²) in [5, 5.41) is 3.19.